The molecule has 0 aliphatic carbocycles. The number of thiazole rings is 1. The molecule has 0 bridgehead atoms. The van der Waals surface area contributed by atoms with Gasteiger partial charge in [-0.15, -0.1) is 11.3 Å². The van der Waals surface area contributed by atoms with E-state index in [0.717, 1.165) is 15.7 Å². The first kappa shape index (κ1) is 12.4. The van der Waals surface area contributed by atoms with E-state index < -0.39 is 0 Å². The zero-order chi connectivity index (χ0) is 12.1. The van der Waals surface area contributed by atoms with Crippen molar-refractivity contribution in [1.82, 2.24) is 4.98 Å². The van der Waals surface area contributed by atoms with E-state index in [1.807, 2.05) is 29.8 Å². The molecule has 1 unspecified atom stereocenters. The van der Waals surface area contributed by atoms with Crippen LogP contribution in [0.3, 0.4) is 0 Å². The largest absolute Gasteiger partial charge is 0.496 e. The van der Waals surface area contributed by atoms with Crippen LogP contribution in [0.25, 0.3) is 0 Å². The summed E-state index contributed by atoms with van der Waals surface area (Å²) in [6.45, 7) is 0.560. The Morgan fingerprint density at radius 1 is 1.47 bits per heavy atom. The summed E-state index contributed by atoms with van der Waals surface area (Å²) in [5.74, 6) is 0.881. The Labute approximate surface area is 109 Å². The molecule has 0 amide bonds. The first-order valence-electron chi connectivity index (χ1n) is 5.24. The van der Waals surface area contributed by atoms with Crippen molar-refractivity contribution in [2.75, 3.05) is 13.7 Å². The van der Waals surface area contributed by atoms with Crippen LogP contribution in [-0.4, -0.2) is 18.6 Å². The standard InChI is InChI=1S/C12H14N2OS2/c1-15-10-5-3-2-4-9(10)11(8-13)17-12-14-6-7-16-12/h2-7,11H,8,13H2,1H3. The Morgan fingerprint density at radius 3 is 2.94 bits per heavy atom. The summed E-state index contributed by atoms with van der Waals surface area (Å²) in [5, 5.41) is 2.15. The van der Waals surface area contributed by atoms with Crippen LogP contribution < -0.4 is 10.5 Å². The Bertz CT molecular complexity index is 459. The third kappa shape index (κ3) is 3.00. The number of ether oxygens (including phenoxy) is 1. The highest BCUT2D eigenvalue weighted by atomic mass is 32.2. The Morgan fingerprint density at radius 2 is 2.29 bits per heavy atom. The van der Waals surface area contributed by atoms with Crippen molar-refractivity contribution in [3.63, 3.8) is 0 Å². The van der Waals surface area contributed by atoms with Crippen molar-refractivity contribution in [3.05, 3.63) is 41.4 Å². The monoisotopic (exact) mass is 266 g/mol. The average Bonchev–Trinajstić information content (AvgIpc) is 2.89. The molecule has 1 atom stereocenters. The van der Waals surface area contributed by atoms with Gasteiger partial charge in [-0.3, -0.25) is 0 Å². The van der Waals surface area contributed by atoms with Gasteiger partial charge in [0.1, 0.15) is 10.1 Å². The summed E-state index contributed by atoms with van der Waals surface area (Å²) in [7, 11) is 1.68. The van der Waals surface area contributed by atoms with Crippen LogP contribution in [0.1, 0.15) is 10.8 Å². The number of rotatable bonds is 5. The second kappa shape index (κ2) is 6.05. The summed E-state index contributed by atoms with van der Waals surface area (Å²) in [5.41, 5.74) is 6.97. The van der Waals surface area contributed by atoms with Gasteiger partial charge in [-0.25, -0.2) is 4.98 Å². The quantitative estimate of drug-likeness (QED) is 0.845. The number of nitrogens with zero attached hydrogens (tertiary/aromatic N) is 1. The van der Waals surface area contributed by atoms with Crippen LogP contribution in [0.15, 0.2) is 40.2 Å². The molecule has 0 fully saturated rings. The maximum absolute atomic E-state index is 5.85. The molecule has 0 saturated heterocycles. The minimum atomic E-state index is 0.178. The van der Waals surface area contributed by atoms with E-state index in [1.54, 1.807) is 30.2 Å². The number of benzene rings is 1. The highest BCUT2D eigenvalue weighted by Gasteiger charge is 2.16. The molecule has 5 heteroatoms. The van der Waals surface area contributed by atoms with Crippen molar-refractivity contribution in [3.8, 4) is 5.75 Å². The molecule has 2 N–H and O–H groups in total. The highest BCUT2D eigenvalue weighted by molar-refractivity contribution is 8.01. The van der Waals surface area contributed by atoms with Gasteiger partial charge in [0.2, 0.25) is 0 Å². The van der Waals surface area contributed by atoms with Gasteiger partial charge < -0.3 is 10.5 Å². The normalized spacial score (nSPS) is 12.4. The molecule has 0 saturated carbocycles. The smallest absolute Gasteiger partial charge is 0.150 e. The Balaban J connectivity index is 2.22. The fourth-order valence-corrected chi connectivity index (χ4v) is 3.44. The van der Waals surface area contributed by atoms with Gasteiger partial charge in [-0.05, 0) is 6.07 Å². The van der Waals surface area contributed by atoms with Gasteiger partial charge in [0, 0.05) is 23.7 Å². The van der Waals surface area contributed by atoms with E-state index in [1.165, 1.54) is 0 Å². The summed E-state index contributed by atoms with van der Waals surface area (Å²) in [6.07, 6.45) is 1.81. The number of hydrogen-bond acceptors (Lipinski definition) is 5. The number of thioether (sulfide) groups is 1. The molecule has 1 aromatic carbocycles. The second-order valence-electron chi connectivity index (χ2n) is 3.38. The van der Waals surface area contributed by atoms with Gasteiger partial charge >= 0.3 is 0 Å². The second-order valence-corrected chi connectivity index (χ2v) is 5.73. The zero-order valence-corrected chi connectivity index (χ0v) is 11.1. The molecule has 0 aliphatic heterocycles. The summed E-state index contributed by atoms with van der Waals surface area (Å²) in [6, 6.07) is 7.98. The van der Waals surface area contributed by atoms with E-state index in [0.29, 0.717) is 6.54 Å². The molecule has 2 aromatic rings. The third-order valence-electron chi connectivity index (χ3n) is 2.35. The Kier molecular flexibility index (Phi) is 4.42. The molecule has 0 radical (unpaired) electrons. The van der Waals surface area contributed by atoms with Crippen LogP contribution in [0.4, 0.5) is 0 Å². The first-order valence-corrected chi connectivity index (χ1v) is 7.00. The van der Waals surface area contributed by atoms with E-state index in [9.17, 15) is 0 Å². The molecule has 3 nitrogen and oxygen atoms in total. The Hall–Kier alpha value is -1.04. The topological polar surface area (TPSA) is 48.1 Å². The zero-order valence-electron chi connectivity index (χ0n) is 9.50. The van der Waals surface area contributed by atoms with E-state index in [2.05, 4.69) is 11.1 Å². The molecular weight excluding hydrogens is 252 g/mol. The third-order valence-corrected chi connectivity index (χ3v) is 4.53. The molecule has 1 heterocycles. The van der Waals surface area contributed by atoms with Crippen molar-refractivity contribution in [1.29, 1.82) is 0 Å². The minimum Gasteiger partial charge on any atom is -0.496 e. The van der Waals surface area contributed by atoms with Crippen molar-refractivity contribution in [2.45, 2.75) is 9.59 Å². The predicted octanol–water partition coefficient (Wildman–Crippen LogP) is 2.94. The minimum absolute atomic E-state index is 0.178. The van der Waals surface area contributed by atoms with Crippen molar-refractivity contribution >= 4 is 23.1 Å². The fourth-order valence-electron chi connectivity index (χ4n) is 1.56. The van der Waals surface area contributed by atoms with Gasteiger partial charge in [0.05, 0.1) is 12.4 Å². The number of para-hydroxylation sites is 1. The molecular formula is C12H14N2OS2. The lowest BCUT2D eigenvalue weighted by Gasteiger charge is -2.16. The van der Waals surface area contributed by atoms with Gasteiger partial charge in [0.25, 0.3) is 0 Å². The lowest BCUT2D eigenvalue weighted by molar-refractivity contribution is 0.409. The van der Waals surface area contributed by atoms with E-state index in [-0.39, 0.29) is 5.25 Å². The first-order chi connectivity index (χ1) is 8.35. The fraction of sp³-hybridized carbons (Fsp3) is 0.250. The summed E-state index contributed by atoms with van der Waals surface area (Å²) < 4.78 is 6.40. The molecule has 2 rings (SSSR count). The van der Waals surface area contributed by atoms with Crippen LogP contribution in [0.5, 0.6) is 5.75 Å². The predicted molar refractivity (Wildman–Crippen MR) is 72.8 cm³/mol. The molecule has 0 spiro atoms. The summed E-state index contributed by atoms with van der Waals surface area (Å²) >= 11 is 3.31. The highest BCUT2D eigenvalue weighted by Crippen LogP contribution is 2.39. The van der Waals surface area contributed by atoms with Crippen LogP contribution >= 0.6 is 23.1 Å². The van der Waals surface area contributed by atoms with Crippen molar-refractivity contribution in [2.24, 2.45) is 5.73 Å². The van der Waals surface area contributed by atoms with E-state index in [4.69, 9.17) is 10.5 Å². The number of nitrogens with two attached hydrogens (primary N) is 1. The number of hydrogen-bond donors (Lipinski definition) is 1. The molecule has 0 aliphatic rings. The lowest BCUT2D eigenvalue weighted by Crippen LogP contribution is -2.10. The number of methoxy groups -OCH3 is 1. The van der Waals surface area contributed by atoms with Crippen LogP contribution in [-0.2, 0) is 0 Å². The summed E-state index contributed by atoms with van der Waals surface area (Å²) in [4.78, 5) is 4.27. The van der Waals surface area contributed by atoms with Crippen LogP contribution in [0.2, 0.25) is 0 Å². The van der Waals surface area contributed by atoms with E-state index >= 15 is 0 Å². The maximum Gasteiger partial charge on any atom is 0.150 e. The van der Waals surface area contributed by atoms with Gasteiger partial charge in [-0.1, -0.05) is 30.0 Å². The number of aromatic nitrogens is 1. The lowest BCUT2D eigenvalue weighted by atomic mass is 10.1. The maximum atomic E-state index is 5.85. The van der Waals surface area contributed by atoms with Crippen LogP contribution in [0, 0.1) is 0 Å². The van der Waals surface area contributed by atoms with Gasteiger partial charge in [-0.2, -0.15) is 0 Å². The van der Waals surface area contributed by atoms with Crippen molar-refractivity contribution < 1.29 is 4.74 Å². The molecule has 90 valence electrons. The SMILES string of the molecule is COc1ccccc1C(CN)Sc1nccs1. The molecule has 17 heavy (non-hydrogen) atoms. The molecule has 1 aromatic heterocycles. The average molecular weight is 266 g/mol. The van der Waals surface area contributed by atoms with Gasteiger partial charge in [0.15, 0.2) is 0 Å².